The Morgan fingerprint density at radius 1 is 1.00 bits per heavy atom. The highest BCUT2D eigenvalue weighted by Crippen LogP contribution is 2.22. The Labute approximate surface area is 198 Å². The highest BCUT2D eigenvalue weighted by atomic mass is 32.2. The Morgan fingerprint density at radius 2 is 1.70 bits per heavy atom. The van der Waals surface area contributed by atoms with Crippen LogP contribution in [0.1, 0.15) is 32.2 Å². The van der Waals surface area contributed by atoms with E-state index in [9.17, 15) is 13.2 Å². The summed E-state index contributed by atoms with van der Waals surface area (Å²) >= 11 is 1.38. The Hall–Kier alpha value is -2.75. The van der Waals surface area contributed by atoms with Gasteiger partial charge in [-0.25, -0.2) is 13.4 Å². The number of sulfonamides is 1. The predicted octanol–water partition coefficient (Wildman–Crippen LogP) is 3.79. The summed E-state index contributed by atoms with van der Waals surface area (Å²) in [7, 11) is -3.58. The summed E-state index contributed by atoms with van der Waals surface area (Å²) in [5.41, 5.74) is 3.52. The lowest BCUT2D eigenvalue weighted by molar-refractivity contribution is 0.0692. The van der Waals surface area contributed by atoms with Gasteiger partial charge in [0.1, 0.15) is 23.1 Å². The molecule has 3 aromatic rings. The number of aromatic nitrogens is 1. The maximum atomic E-state index is 13.0. The molecule has 2 heterocycles. The quantitative estimate of drug-likeness (QED) is 0.531. The molecule has 4 rings (SSSR count). The molecule has 0 radical (unpaired) electrons. The molecule has 0 spiro atoms. The van der Waals surface area contributed by atoms with E-state index in [4.69, 9.17) is 4.74 Å². The van der Waals surface area contributed by atoms with E-state index in [1.807, 2.05) is 51.1 Å². The SMILES string of the molecule is Cc1ccc(OCc2nc(C(=O)N3CCN(S(=O)(=O)c4ccc(C)c(C)c4)CC3)cs2)cc1. The normalized spacial score (nSPS) is 14.9. The van der Waals surface area contributed by atoms with Crippen molar-refractivity contribution in [2.45, 2.75) is 32.3 Å². The maximum Gasteiger partial charge on any atom is 0.273 e. The first kappa shape index (κ1) is 23.4. The molecular formula is C24H27N3O4S2. The molecule has 0 aliphatic carbocycles. The molecule has 1 aromatic heterocycles. The largest absolute Gasteiger partial charge is 0.486 e. The lowest BCUT2D eigenvalue weighted by Crippen LogP contribution is -2.50. The summed E-state index contributed by atoms with van der Waals surface area (Å²) in [4.78, 5) is 19.3. The molecule has 1 saturated heterocycles. The number of carbonyl (C=O) groups excluding carboxylic acids is 1. The third kappa shape index (κ3) is 5.26. The first-order chi connectivity index (χ1) is 15.7. The lowest BCUT2D eigenvalue weighted by atomic mass is 10.1. The van der Waals surface area contributed by atoms with Crippen LogP contribution >= 0.6 is 11.3 Å². The molecule has 1 amide bonds. The standard InChI is InChI=1S/C24H27N3O4S2/c1-17-4-7-20(8-5-17)31-15-23-25-22(16-32-23)24(28)26-10-12-27(13-11-26)33(29,30)21-9-6-18(2)19(3)14-21/h4-9,14,16H,10-13,15H2,1-3H3. The Morgan fingerprint density at radius 3 is 2.36 bits per heavy atom. The zero-order valence-corrected chi connectivity index (χ0v) is 20.6. The van der Waals surface area contributed by atoms with Crippen LogP contribution in [0.4, 0.5) is 0 Å². The zero-order chi connectivity index (χ0) is 23.6. The molecule has 0 atom stereocenters. The van der Waals surface area contributed by atoms with E-state index >= 15 is 0 Å². The van der Waals surface area contributed by atoms with Crippen molar-refractivity contribution in [2.75, 3.05) is 26.2 Å². The number of benzene rings is 2. The fourth-order valence-electron chi connectivity index (χ4n) is 3.57. The number of rotatable bonds is 6. The van der Waals surface area contributed by atoms with Gasteiger partial charge in [-0.2, -0.15) is 4.31 Å². The van der Waals surface area contributed by atoms with Crippen LogP contribution in [0.5, 0.6) is 5.75 Å². The maximum absolute atomic E-state index is 13.0. The third-order valence-electron chi connectivity index (χ3n) is 5.80. The average molecular weight is 486 g/mol. The first-order valence-electron chi connectivity index (χ1n) is 10.7. The number of thiazole rings is 1. The predicted molar refractivity (Wildman–Crippen MR) is 128 cm³/mol. The van der Waals surface area contributed by atoms with Gasteiger partial charge in [0, 0.05) is 31.6 Å². The molecule has 1 aliphatic heterocycles. The average Bonchev–Trinajstić information content (AvgIpc) is 3.29. The highest BCUT2D eigenvalue weighted by molar-refractivity contribution is 7.89. The molecule has 0 N–H and O–H groups in total. The number of ether oxygens (including phenoxy) is 1. The van der Waals surface area contributed by atoms with E-state index in [0.717, 1.165) is 27.4 Å². The van der Waals surface area contributed by atoms with Crippen molar-refractivity contribution < 1.29 is 17.9 Å². The number of piperazine rings is 1. The number of hydrogen-bond donors (Lipinski definition) is 0. The minimum atomic E-state index is -3.58. The number of amides is 1. The van der Waals surface area contributed by atoms with Crippen LogP contribution in [0.25, 0.3) is 0 Å². The molecule has 2 aromatic carbocycles. The van der Waals surface area contributed by atoms with Crippen molar-refractivity contribution in [3.8, 4) is 5.75 Å². The van der Waals surface area contributed by atoms with Crippen molar-refractivity contribution >= 4 is 27.3 Å². The van der Waals surface area contributed by atoms with E-state index in [1.54, 1.807) is 22.4 Å². The fourth-order valence-corrected chi connectivity index (χ4v) is 5.76. The van der Waals surface area contributed by atoms with E-state index < -0.39 is 10.0 Å². The van der Waals surface area contributed by atoms with Crippen LogP contribution in [-0.4, -0.2) is 54.7 Å². The number of carbonyl (C=O) groups is 1. The van der Waals surface area contributed by atoms with Crippen LogP contribution in [0.2, 0.25) is 0 Å². The number of aryl methyl sites for hydroxylation is 3. The smallest absolute Gasteiger partial charge is 0.273 e. The van der Waals surface area contributed by atoms with Gasteiger partial charge in [-0.15, -0.1) is 11.3 Å². The van der Waals surface area contributed by atoms with Crippen molar-refractivity contribution in [3.63, 3.8) is 0 Å². The van der Waals surface area contributed by atoms with Crippen molar-refractivity contribution in [3.05, 3.63) is 75.2 Å². The van der Waals surface area contributed by atoms with Gasteiger partial charge in [0.25, 0.3) is 5.91 Å². The molecule has 0 saturated carbocycles. The second kappa shape index (κ2) is 9.62. The van der Waals surface area contributed by atoms with Gasteiger partial charge in [-0.05, 0) is 56.2 Å². The molecule has 1 fully saturated rings. The molecule has 9 heteroatoms. The summed E-state index contributed by atoms with van der Waals surface area (Å²) in [6.45, 7) is 7.34. The zero-order valence-electron chi connectivity index (χ0n) is 18.9. The topological polar surface area (TPSA) is 79.8 Å². The summed E-state index contributed by atoms with van der Waals surface area (Å²) in [5.74, 6) is 0.570. The molecule has 0 bridgehead atoms. The number of nitrogens with zero attached hydrogens (tertiary/aromatic N) is 3. The van der Waals surface area contributed by atoms with Crippen LogP contribution < -0.4 is 4.74 Å². The Balaban J connectivity index is 1.34. The summed E-state index contributed by atoms with van der Waals surface area (Å²) in [5, 5.41) is 2.45. The first-order valence-corrected chi connectivity index (χ1v) is 13.1. The highest BCUT2D eigenvalue weighted by Gasteiger charge is 2.31. The summed E-state index contributed by atoms with van der Waals surface area (Å²) < 4.78 is 33.2. The van der Waals surface area contributed by atoms with Crippen LogP contribution in [0.3, 0.4) is 0 Å². The van der Waals surface area contributed by atoms with Gasteiger partial charge in [0.15, 0.2) is 0 Å². The van der Waals surface area contributed by atoms with Gasteiger partial charge in [-0.1, -0.05) is 23.8 Å². The summed E-state index contributed by atoms with van der Waals surface area (Å²) in [6.07, 6.45) is 0. The minimum Gasteiger partial charge on any atom is -0.486 e. The third-order valence-corrected chi connectivity index (χ3v) is 8.51. The van der Waals surface area contributed by atoms with Crippen LogP contribution in [0, 0.1) is 20.8 Å². The van der Waals surface area contributed by atoms with Gasteiger partial charge in [0.05, 0.1) is 4.90 Å². The van der Waals surface area contributed by atoms with Gasteiger partial charge in [-0.3, -0.25) is 4.79 Å². The molecule has 7 nitrogen and oxygen atoms in total. The van der Waals surface area contributed by atoms with Gasteiger partial charge >= 0.3 is 0 Å². The number of hydrogen-bond acceptors (Lipinski definition) is 6. The van der Waals surface area contributed by atoms with E-state index in [-0.39, 0.29) is 19.0 Å². The lowest BCUT2D eigenvalue weighted by Gasteiger charge is -2.33. The van der Waals surface area contributed by atoms with E-state index in [2.05, 4.69) is 4.98 Å². The monoisotopic (exact) mass is 485 g/mol. The van der Waals surface area contributed by atoms with Crippen molar-refractivity contribution in [1.82, 2.24) is 14.2 Å². The van der Waals surface area contributed by atoms with Gasteiger partial charge in [0.2, 0.25) is 10.0 Å². The molecule has 33 heavy (non-hydrogen) atoms. The van der Waals surface area contributed by atoms with Crippen LogP contribution in [-0.2, 0) is 16.6 Å². The van der Waals surface area contributed by atoms with Crippen molar-refractivity contribution in [2.24, 2.45) is 0 Å². The van der Waals surface area contributed by atoms with Gasteiger partial charge < -0.3 is 9.64 Å². The molecule has 1 aliphatic rings. The fraction of sp³-hybridized carbons (Fsp3) is 0.333. The molecular weight excluding hydrogens is 458 g/mol. The molecule has 0 unspecified atom stereocenters. The second-order valence-electron chi connectivity index (χ2n) is 8.17. The molecule has 174 valence electrons. The van der Waals surface area contributed by atoms with E-state index in [1.165, 1.54) is 15.6 Å². The van der Waals surface area contributed by atoms with Crippen LogP contribution in [0.15, 0.2) is 52.7 Å². The Kier molecular flexibility index (Phi) is 6.83. The minimum absolute atomic E-state index is 0.184. The van der Waals surface area contributed by atoms with E-state index in [0.29, 0.717) is 30.3 Å². The Bertz CT molecular complexity index is 1240. The summed E-state index contributed by atoms with van der Waals surface area (Å²) in [6, 6.07) is 12.9. The van der Waals surface area contributed by atoms with Crippen molar-refractivity contribution in [1.29, 1.82) is 0 Å². The second-order valence-corrected chi connectivity index (χ2v) is 11.1.